The summed E-state index contributed by atoms with van der Waals surface area (Å²) in [5, 5.41) is 12.7. The number of halogens is 3. The first kappa shape index (κ1) is 26.9. The van der Waals surface area contributed by atoms with Crippen LogP contribution in [0.25, 0.3) is 0 Å². The number of nitrogens with one attached hydrogen (secondary N) is 2. The van der Waals surface area contributed by atoms with E-state index in [0.717, 1.165) is 5.75 Å². The molecule has 0 aliphatic rings. The molecule has 1 rings (SSSR count). The Morgan fingerprint density at radius 3 is 2.10 bits per heavy atom. The van der Waals surface area contributed by atoms with Crippen molar-refractivity contribution in [3.05, 3.63) is 36.4 Å². The van der Waals surface area contributed by atoms with Crippen molar-refractivity contribution in [1.82, 2.24) is 5.32 Å². The van der Waals surface area contributed by atoms with E-state index in [1.807, 2.05) is 13.8 Å². The van der Waals surface area contributed by atoms with Gasteiger partial charge < -0.3 is 26.2 Å². The molecule has 8 nitrogen and oxygen atoms in total. The molecule has 2 atom stereocenters. The van der Waals surface area contributed by atoms with Gasteiger partial charge in [-0.05, 0) is 37.1 Å². The number of rotatable bonds is 8. The summed E-state index contributed by atoms with van der Waals surface area (Å²) in [6.45, 7) is 3.78. The lowest BCUT2D eigenvalue weighted by Gasteiger charge is -2.16. The largest absolute Gasteiger partial charge is 0.497 e. The molecule has 168 valence electrons. The Balaban J connectivity index is 0.00000103. The van der Waals surface area contributed by atoms with Gasteiger partial charge in [0.2, 0.25) is 11.8 Å². The number of nitrogens with two attached hydrogens (primary N) is 1. The van der Waals surface area contributed by atoms with Crippen molar-refractivity contribution >= 4 is 23.5 Å². The van der Waals surface area contributed by atoms with Crippen LogP contribution in [0.5, 0.6) is 5.75 Å². The Morgan fingerprint density at radius 1 is 1.17 bits per heavy atom. The standard InChI is InChI=1S/C17H25N3O3.C2HF3O2/c1-4-12(20-17(22)15(18)5-2)8-11-16(21)19-13-6-9-14(23-3)10-7-13;3-2(4,5)1(6)7/h6-12,15H,4-5,18H2,1-3H3,(H,19,21)(H,20,22);(H,6,7)/t12-,15-;/m0./s1. The van der Waals surface area contributed by atoms with Crippen LogP contribution >= 0.6 is 0 Å². The van der Waals surface area contributed by atoms with Crippen LogP contribution in [-0.2, 0) is 14.4 Å². The average Bonchev–Trinajstić information content (AvgIpc) is 2.70. The number of aliphatic carboxylic acids is 1. The lowest BCUT2D eigenvalue weighted by atomic mass is 10.1. The molecule has 30 heavy (non-hydrogen) atoms. The van der Waals surface area contributed by atoms with Gasteiger partial charge in [0, 0.05) is 17.8 Å². The number of hydrogen-bond acceptors (Lipinski definition) is 5. The smallest absolute Gasteiger partial charge is 0.490 e. The summed E-state index contributed by atoms with van der Waals surface area (Å²) in [5.74, 6) is -2.51. The van der Waals surface area contributed by atoms with Crippen LogP contribution in [0.3, 0.4) is 0 Å². The second-order valence-corrected chi connectivity index (χ2v) is 5.92. The van der Waals surface area contributed by atoms with Crippen molar-refractivity contribution in [2.24, 2.45) is 5.73 Å². The summed E-state index contributed by atoms with van der Waals surface area (Å²) in [5.41, 5.74) is 6.35. The fraction of sp³-hybridized carbons (Fsp3) is 0.421. The van der Waals surface area contributed by atoms with Crippen molar-refractivity contribution in [2.45, 2.75) is 44.9 Å². The van der Waals surface area contributed by atoms with Crippen molar-refractivity contribution in [3.8, 4) is 5.75 Å². The maximum atomic E-state index is 11.9. The molecule has 1 aromatic rings. The first-order chi connectivity index (χ1) is 13.9. The lowest BCUT2D eigenvalue weighted by Crippen LogP contribution is -2.44. The van der Waals surface area contributed by atoms with Crippen LogP contribution in [0.4, 0.5) is 18.9 Å². The van der Waals surface area contributed by atoms with Crippen molar-refractivity contribution in [1.29, 1.82) is 0 Å². The Kier molecular flexibility index (Phi) is 11.8. The SMILES string of the molecule is CC[C@@H](C=CC(=O)Nc1ccc(OC)cc1)NC(=O)[C@@H](N)CC.O=C(O)C(F)(F)F. The highest BCUT2D eigenvalue weighted by Crippen LogP contribution is 2.15. The second kappa shape index (κ2) is 13.2. The zero-order valence-corrected chi connectivity index (χ0v) is 16.8. The van der Waals surface area contributed by atoms with E-state index in [-0.39, 0.29) is 17.9 Å². The summed E-state index contributed by atoms with van der Waals surface area (Å²) in [4.78, 5) is 32.5. The van der Waals surface area contributed by atoms with Gasteiger partial charge in [0.15, 0.2) is 0 Å². The van der Waals surface area contributed by atoms with Crippen LogP contribution in [0.15, 0.2) is 36.4 Å². The van der Waals surface area contributed by atoms with Gasteiger partial charge >= 0.3 is 12.1 Å². The van der Waals surface area contributed by atoms with E-state index >= 15 is 0 Å². The van der Waals surface area contributed by atoms with Gasteiger partial charge in [-0.15, -0.1) is 0 Å². The molecule has 0 bridgehead atoms. The van der Waals surface area contributed by atoms with Gasteiger partial charge in [-0.1, -0.05) is 19.9 Å². The number of carboxylic acids is 1. The minimum absolute atomic E-state index is 0.209. The number of methoxy groups -OCH3 is 1. The monoisotopic (exact) mass is 433 g/mol. The Morgan fingerprint density at radius 2 is 1.70 bits per heavy atom. The molecule has 0 spiro atoms. The highest BCUT2D eigenvalue weighted by atomic mass is 19.4. The highest BCUT2D eigenvalue weighted by Gasteiger charge is 2.38. The van der Waals surface area contributed by atoms with Gasteiger partial charge in [0.25, 0.3) is 0 Å². The van der Waals surface area contributed by atoms with E-state index < -0.39 is 18.2 Å². The summed E-state index contributed by atoms with van der Waals surface area (Å²) in [7, 11) is 1.58. The normalized spacial score (nSPS) is 12.9. The van der Waals surface area contributed by atoms with Gasteiger partial charge in [-0.3, -0.25) is 9.59 Å². The lowest BCUT2D eigenvalue weighted by molar-refractivity contribution is -0.192. The number of hydrogen-bond donors (Lipinski definition) is 4. The van der Waals surface area contributed by atoms with Gasteiger partial charge in [0.1, 0.15) is 5.75 Å². The Bertz CT molecular complexity index is 721. The minimum Gasteiger partial charge on any atom is -0.497 e. The molecule has 2 amide bonds. The average molecular weight is 433 g/mol. The third-order valence-corrected chi connectivity index (χ3v) is 3.62. The number of carboxylic acid groups (broad SMARTS) is 1. The number of ether oxygens (including phenoxy) is 1. The third kappa shape index (κ3) is 11.1. The fourth-order valence-corrected chi connectivity index (χ4v) is 1.82. The molecule has 0 aromatic heterocycles. The number of amides is 2. The second-order valence-electron chi connectivity index (χ2n) is 5.92. The molecule has 0 radical (unpaired) electrons. The summed E-state index contributed by atoms with van der Waals surface area (Å²) in [6.07, 6.45) is -0.756. The number of alkyl halides is 3. The highest BCUT2D eigenvalue weighted by molar-refractivity contribution is 5.99. The molecule has 5 N–H and O–H groups in total. The first-order valence-corrected chi connectivity index (χ1v) is 8.93. The van der Waals surface area contributed by atoms with E-state index in [9.17, 15) is 22.8 Å². The van der Waals surface area contributed by atoms with Crippen molar-refractivity contribution in [3.63, 3.8) is 0 Å². The molecule has 0 unspecified atom stereocenters. The maximum absolute atomic E-state index is 11.9. The molecule has 11 heteroatoms. The zero-order valence-electron chi connectivity index (χ0n) is 16.8. The van der Waals surface area contributed by atoms with E-state index in [4.69, 9.17) is 20.4 Å². The van der Waals surface area contributed by atoms with Crippen LogP contribution in [0, 0.1) is 0 Å². The predicted molar refractivity (Wildman–Crippen MR) is 105 cm³/mol. The summed E-state index contributed by atoms with van der Waals surface area (Å²) < 4.78 is 36.8. The Hall–Kier alpha value is -3.08. The number of anilines is 1. The topological polar surface area (TPSA) is 131 Å². The molecular weight excluding hydrogens is 407 g/mol. The zero-order chi connectivity index (χ0) is 23.3. The van der Waals surface area contributed by atoms with Crippen LogP contribution in [0.2, 0.25) is 0 Å². The predicted octanol–water partition coefficient (Wildman–Crippen LogP) is 2.46. The van der Waals surface area contributed by atoms with Crippen LogP contribution in [0.1, 0.15) is 26.7 Å². The number of carbonyl (C=O) groups is 3. The quantitative estimate of drug-likeness (QED) is 0.466. The van der Waals surface area contributed by atoms with Crippen molar-refractivity contribution in [2.75, 3.05) is 12.4 Å². The first-order valence-electron chi connectivity index (χ1n) is 8.93. The molecule has 0 saturated carbocycles. The molecule has 0 heterocycles. The van der Waals surface area contributed by atoms with Gasteiger partial charge in [-0.25, -0.2) is 4.79 Å². The molecule has 0 saturated heterocycles. The molecule has 0 aliphatic carbocycles. The van der Waals surface area contributed by atoms with Gasteiger partial charge in [-0.2, -0.15) is 13.2 Å². The number of carbonyl (C=O) groups excluding carboxylic acids is 2. The van der Waals surface area contributed by atoms with Crippen LogP contribution < -0.4 is 21.1 Å². The summed E-state index contributed by atoms with van der Waals surface area (Å²) >= 11 is 0. The van der Waals surface area contributed by atoms with E-state index in [0.29, 0.717) is 18.5 Å². The van der Waals surface area contributed by atoms with Gasteiger partial charge in [0.05, 0.1) is 13.2 Å². The van der Waals surface area contributed by atoms with E-state index in [1.54, 1.807) is 37.5 Å². The fourth-order valence-electron chi connectivity index (χ4n) is 1.82. The maximum Gasteiger partial charge on any atom is 0.490 e. The minimum atomic E-state index is -5.08. The van der Waals surface area contributed by atoms with E-state index in [2.05, 4.69) is 10.6 Å². The number of benzene rings is 1. The van der Waals surface area contributed by atoms with Crippen molar-refractivity contribution < 1.29 is 37.4 Å². The van der Waals surface area contributed by atoms with Crippen LogP contribution in [-0.4, -0.2) is 48.3 Å². The summed E-state index contributed by atoms with van der Waals surface area (Å²) in [6, 6.07) is 6.29. The molecule has 0 fully saturated rings. The molecular formula is C19H26F3N3O5. The molecule has 0 aliphatic heterocycles. The molecule has 1 aromatic carbocycles. The van der Waals surface area contributed by atoms with E-state index in [1.165, 1.54) is 6.08 Å². The Labute approximate surface area is 172 Å². The third-order valence-electron chi connectivity index (χ3n) is 3.62.